The maximum Gasteiger partial charge on any atom is 0.0456 e. The lowest BCUT2D eigenvalue weighted by atomic mass is 10.1. The van der Waals surface area contributed by atoms with E-state index in [2.05, 4.69) is 54.0 Å². The zero-order valence-corrected chi connectivity index (χ0v) is 12.2. The SMILES string of the molecule is Cc1ccc(Sc2cc(Br)ccc2N)cc1C. The second-order valence-corrected chi connectivity index (χ2v) is 6.06. The molecule has 0 saturated carbocycles. The van der Waals surface area contributed by atoms with Crippen LogP contribution in [0.4, 0.5) is 5.69 Å². The quantitative estimate of drug-likeness (QED) is 0.807. The minimum atomic E-state index is 0.816. The van der Waals surface area contributed by atoms with Gasteiger partial charge in [0.2, 0.25) is 0 Å². The molecule has 2 N–H and O–H groups in total. The third-order valence-corrected chi connectivity index (χ3v) is 4.24. The highest BCUT2D eigenvalue weighted by atomic mass is 79.9. The standard InChI is InChI=1S/C14H14BrNS/c1-9-3-5-12(7-10(9)2)17-14-8-11(15)4-6-13(14)16/h3-8H,16H2,1-2H3. The summed E-state index contributed by atoms with van der Waals surface area (Å²) in [5.74, 6) is 0. The molecule has 0 aromatic heterocycles. The van der Waals surface area contributed by atoms with Crippen LogP contribution in [0.25, 0.3) is 0 Å². The molecular weight excluding hydrogens is 294 g/mol. The molecular formula is C14H14BrNS. The second-order valence-electron chi connectivity index (χ2n) is 4.03. The molecule has 0 heterocycles. The molecule has 17 heavy (non-hydrogen) atoms. The van der Waals surface area contributed by atoms with E-state index < -0.39 is 0 Å². The molecule has 0 atom stereocenters. The molecule has 0 spiro atoms. The number of anilines is 1. The largest absolute Gasteiger partial charge is 0.398 e. The number of rotatable bonds is 2. The molecule has 0 aliphatic heterocycles. The zero-order valence-electron chi connectivity index (χ0n) is 9.83. The van der Waals surface area contributed by atoms with E-state index in [1.54, 1.807) is 11.8 Å². The number of aryl methyl sites for hydroxylation is 2. The van der Waals surface area contributed by atoms with Crippen molar-refractivity contribution in [3.8, 4) is 0 Å². The van der Waals surface area contributed by atoms with E-state index in [0.29, 0.717) is 0 Å². The van der Waals surface area contributed by atoms with Crippen molar-refractivity contribution < 1.29 is 0 Å². The van der Waals surface area contributed by atoms with Gasteiger partial charge in [-0.25, -0.2) is 0 Å². The van der Waals surface area contributed by atoms with Crippen molar-refractivity contribution in [3.05, 3.63) is 52.0 Å². The van der Waals surface area contributed by atoms with Gasteiger partial charge >= 0.3 is 0 Å². The van der Waals surface area contributed by atoms with Gasteiger partial charge in [-0.2, -0.15) is 0 Å². The van der Waals surface area contributed by atoms with Gasteiger partial charge in [-0.1, -0.05) is 33.8 Å². The molecule has 0 saturated heterocycles. The van der Waals surface area contributed by atoms with Gasteiger partial charge in [0.25, 0.3) is 0 Å². The fourth-order valence-electron chi connectivity index (χ4n) is 1.50. The summed E-state index contributed by atoms with van der Waals surface area (Å²) in [5.41, 5.74) is 9.40. The Kier molecular flexibility index (Phi) is 3.79. The number of nitrogen functional groups attached to an aromatic ring is 1. The molecule has 0 aliphatic rings. The first kappa shape index (κ1) is 12.5. The zero-order chi connectivity index (χ0) is 12.4. The number of hydrogen-bond acceptors (Lipinski definition) is 2. The van der Waals surface area contributed by atoms with Crippen molar-refractivity contribution in [2.24, 2.45) is 0 Å². The average molecular weight is 308 g/mol. The summed E-state index contributed by atoms with van der Waals surface area (Å²) in [6.45, 7) is 4.25. The molecule has 1 nitrogen and oxygen atoms in total. The van der Waals surface area contributed by atoms with Crippen LogP contribution < -0.4 is 5.73 Å². The van der Waals surface area contributed by atoms with Crippen LogP contribution in [0.15, 0.2) is 50.7 Å². The molecule has 0 unspecified atom stereocenters. The highest BCUT2D eigenvalue weighted by molar-refractivity contribution is 9.10. The lowest BCUT2D eigenvalue weighted by Gasteiger charge is -2.08. The predicted octanol–water partition coefficient (Wildman–Crippen LogP) is 4.80. The lowest BCUT2D eigenvalue weighted by Crippen LogP contribution is -1.88. The molecule has 0 radical (unpaired) electrons. The van der Waals surface area contributed by atoms with Gasteiger partial charge in [0.1, 0.15) is 0 Å². The van der Waals surface area contributed by atoms with Crippen molar-refractivity contribution in [2.75, 3.05) is 5.73 Å². The van der Waals surface area contributed by atoms with E-state index >= 15 is 0 Å². The lowest BCUT2D eigenvalue weighted by molar-refractivity contribution is 1.27. The van der Waals surface area contributed by atoms with Crippen LogP contribution in [0, 0.1) is 13.8 Å². The monoisotopic (exact) mass is 307 g/mol. The van der Waals surface area contributed by atoms with Crippen LogP contribution in [0.3, 0.4) is 0 Å². The highest BCUT2D eigenvalue weighted by Gasteiger charge is 2.04. The fourth-order valence-corrected chi connectivity index (χ4v) is 3.01. The summed E-state index contributed by atoms with van der Waals surface area (Å²) in [6.07, 6.45) is 0. The van der Waals surface area contributed by atoms with Gasteiger partial charge < -0.3 is 5.73 Å². The van der Waals surface area contributed by atoms with Crippen molar-refractivity contribution in [1.29, 1.82) is 0 Å². The average Bonchev–Trinajstić information content (AvgIpc) is 2.29. The first-order valence-electron chi connectivity index (χ1n) is 5.36. The Morgan fingerprint density at radius 1 is 1.00 bits per heavy atom. The van der Waals surface area contributed by atoms with E-state index in [4.69, 9.17) is 5.73 Å². The molecule has 0 fully saturated rings. The maximum absolute atomic E-state index is 5.96. The van der Waals surface area contributed by atoms with Crippen LogP contribution in [0.1, 0.15) is 11.1 Å². The minimum Gasteiger partial charge on any atom is -0.398 e. The summed E-state index contributed by atoms with van der Waals surface area (Å²) >= 11 is 5.16. The molecule has 0 aliphatic carbocycles. The van der Waals surface area contributed by atoms with Gasteiger partial charge in [0.15, 0.2) is 0 Å². The van der Waals surface area contributed by atoms with Gasteiger partial charge in [0.05, 0.1) is 0 Å². The number of nitrogens with two attached hydrogens (primary N) is 1. The predicted molar refractivity (Wildman–Crippen MR) is 78.6 cm³/mol. The Morgan fingerprint density at radius 3 is 2.47 bits per heavy atom. The molecule has 0 bridgehead atoms. The molecule has 88 valence electrons. The Hall–Kier alpha value is -0.930. The number of hydrogen-bond donors (Lipinski definition) is 1. The summed E-state index contributed by atoms with van der Waals surface area (Å²) < 4.78 is 1.05. The maximum atomic E-state index is 5.96. The molecule has 2 rings (SSSR count). The minimum absolute atomic E-state index is 0.816. The smallest absolute Gasteiger partial charge is 0.0456 e. The van der Waals surface area contributed by atoms with Gasteiger partial charge in [-0.05, 0) is 55.3 Å². The Balaban J connectivity index is 2.31. The van der Waals surface area contributed by atoms with Gasteiger partial charge in [-0.3, -0.25) is 0 Å². The van der Waals surface area contributed by atoms with Crippen molar-refractivity contribution in [3.63, 3.8) is 0 Å². The Bertz CT molecular complexity index is 552. The molecule has 0 amide bonds. The van der Waals surface area contributed by atoms with Gasteiger partial charge in [-0.15, -0.1) is 0 Å². The summed E-state index contributed by atoms with van der Waals surface area (Å²) in [7, 11) is 0. The Morgan fingerprint density at radius 2 is 1.76 bits per heavy atom. The third kappa shape index (κ3) is 3.05. The van der Waals surface area contributed by atoms with Crippen molar-refractivity contribution >= 4 is 33.4 Å². The summed E-state index contributed by atoms with van der Waals surface area (Å²) in [5, 5.41) is 0. The normalized spacial score (nSPS) is 10.5. The molecule has 2 aromatic rings. The summed E-state index contributed by atoms with van der Waals surface area (Å²) in [4.78, 5) is 2.31. The van der Waals surface area contributed by atoms with Crippen molar-refractivity contribution in [1.82, 2.24) is 0 Å². The third-order valence-electron chi connectivity index (χ3n) is 2.68. The van der Waals surface area contributed by atoms with Crippen molar-refractivity contribution in [2.45, 2.75) is 23.6 Å². The van der Waals surface area contributed by atoms with Gasteiger partial charge in [0, 0.05) is 20.0 Å². The second kappa shape index (κ2) is 5.15. The van der Waals surface area contributed by atoms with Crippen LogP contribution in [0.5, 0.6) is 0 Å². The van der Waals surface area contributed by atoms with E-state index in [1.165, 1.54) is 16.0 Å². The topological polar surface area (TPSA) is 26.0 Å². The summed E-state index contributed by atoms with van der Waals surface area (Å²) in [6, 6.07) is 12.4. The van der Waals surface area contributed by atoms with Crippen LogP contribution in [0.2, 0.25) is 0 Å². The molecule has 2 aromatic carbocycles. The van der Waals surface area contributed by atoms with E-state index in [0.717, 1.165) is 15.1 Å². The fraction of sp³-hybridized carbons (Fsp3) is 0.143. The van der Waals surface area contributed by atoms with E-state index in [1.807, 2.05) is 12.1 Å². The first-order chi connectivity index (χ1) is 8.06. The number of halogens is 1. The van der Waals surface area contributed by atoms with E-state index in [9.17, 15) is 0 Å². The number of benzene rings is 2. The van der Waals surface area contributed by atoms with Crippen LogP contribution in [-0.2, 0) is 0 Å². The van der Waals surface area contributed by atoms with Crippen LogP contribution in [-0.4, -0.2) is 0 Å². The molecule has 3 heteroatoms. The Labute approximate surface area is 115 Å². The van der Waals surface area contributed by atoms with E-state index in [-0.39, 0.29) is 0 Å². The highest BCUT2D eigenvalue weighted by Crippen LogP contribution is 2.34. The first-order valence-corrected chi connectivity index (χ1v) is 6.97. The van der Waals surface area contributed by atoms with Crippen LogP contribution >= 0.6 is 27.7 Å².